The van der Waals surface area contributed by atoms with Crippen molar-refractivity contribution in [2.75, 3.05) is 13.2 Å². The minimum absolute atomic E-state index is 0.0914. The molecule has 0 saturated heterocycles. The number of esters is 2. The third-order valence-electron chi connectivity index (χ3n) is 1.73. The highest BCUT2D eigenvalue weighted by Gasteiger charge is 2.22. The summed E-state index contributed by atoms with van der Waals surface area (Å²) in [5.41, 5.74) is 0. The van der Waals surface area contributed by atoms with Gasteiger partial charge in [0.2, 0.25) is 0 Å². The van der Waals surface area contributed by atoms with Gasteiger partial charge in [-0.05, 0) is 0 Å². The number of phosphoric ester groups is 1. The fraction of sp³-hybridized carbons (Fsp3) is 0.778. The van der Waals surface area contributed by atoms with Crippen molar-refractivity contribution in [2.24, 2.45) is 0 Å². The van der Waals surface area contributed by atoms with Crippen LogP contribution in [0.3, 0.4) is 0 Å². The van der Waals surface area contributed by atoms with Gasteiger partial charge in [0.15, 0.2) is 6.10 Å². The van der Waals surface area contributed by atoms with Crippen molar-refractivity contribution in [1.29, 1.82) is 0 Å². The second-order valence-corrected chi connectivity index (χ2v) is 4.53. The smallest absolute Gasteiger partial charge is 0.462 e. The van der Waals surface area contributed by atoms with Gasteiger partial charge in [-0.15, -0.1) is 0 Å². The molecule has 0 aliphatic heterocycles. The van der Waals surface area contributed by atoms with Crippen LogP contribution in [0, 0.1) is 0 Å². The maximum absolute atomic E-state index is 11.0. The number of hydrogen-bond acceptors (Lipinski definition) is 6. The summed E-state index contributed by atoms with van der Waals surface area (Å²) in [5.74, 6) is -1.09. The Balaban J connectivity index is 4.28. The third-order valence-corrected chi connectivity index (χ3v) is 2.22. The molecule has 0 heterocycles. The van der Waals surface area contributed by atoms with Crippen molar-refractivity contribution < 1.29 is 37.9 Å². The van der Waals surface area contributed by atoms with Gasteiger partial charge < -0.3 is 19.3 Å². The monoisotopic (exact) mass is 284 g/mol. The minimum Gasteiger partial charge on any atom is -0.462 e. The van der Waals surface area contributed by atoms with Crippen LogP contribution in [-0.4, -0.2) is 41.0 Å². The molecule has 0 radical (unpaired) electrons. The zero-order valence-electron chi connectivity index (χ0n) is 10.2. The second-order valence-electron chi connectivity index (χ2n) is 3.29. The minimum atomic E-state index is -4.66. The lowest BCUT2D eigenvalue weighted by atomic mass is 10.4. The van der Waals surface area contributed by atoms with E-state index in [1.807, 2.05) is 0 Å². The Bertz CT molecular complexity index is 323. The van der Waals surface area contributed by atoms with E-state index in [1.54, 1.807) is 13.8 Å². The molecule has 0 saturated carbocycles. The molecule has 2 N–H and O–H groups in total. The van der Waals surface area contributed by atoms with Gasteiger partial charge in [0, 0.05) is 12.8 Å². The van der Waals surface area contributed by atoms with E-state index in [-0.39, 0.29) is 19.4 Å². The summed E-state index contributed by atoms with van der Waals surface area (Å²) >= 11 is 0. The molecular weight excluding hydrogens is 267 g/mol. The van der Waals surface area contributed by atoms with E-state index < -0.39 is 32.5 Å². The summed E-state index contributed by atoms with van der Waals surface area (Å²) in [6.45, 7) is 2.29. The van der Waals surface area contributed by atoms with Crippen LogP contribution in [0.15, 0.2) is 0 Å². The first-order chi connectivity index (χ1) is 8.28. The predicted molar refractivity (Wildman–Crippen MR) is 59.4 cm³/mol. The molecule has 0 amide bonds. The summed E-state index contributed by atoms with van der Waals surface area (Å²) < 4.78 is 24.2. The molecular formula is C9H17O8P. The number of carbonyl (C=O) groups excluding carboxylic acids is 2. The molecule has 0 fully saturated rings. The van der Waals surface area contributed by atoms with Gasteiger partial charge in [0.1, 0.15) is 6.61 Å². The molecule has 0 aromatic heterocycles. The highest BCUT2D eigenvalue weighted by molar-refractivity contribution is 7.46. The standard InChI is InChI=1S/C9H17O8P/c1-3-8(10)15-5-7(17-9(11)4-2)6-16-18(12,13)14/h7H,3-6H2,1-2H3,(H2,12,13,14). The van der Waals surface area contributed by atoms with Gasteiger partial charge in [-0.2, -0.15) is 0 Å². The highest BCUT2D eigenvalue weighted by atomic mass is 31.2. The lowest BCUT2D eigenvalue weighted by Crippen LogP contribution is -2.29. The van der Waals surface area contributed by atoms with Crippen LogP contribution in [0.5, 0.6) is 0 Å². The molecule has 0 aromatic carbocycles. The average molecular weight is 284 g/mol. The fourth-order valence-electron chi connectivity index (χ4n) is 0.854. The Morgan fingerprint density at radius 3 is 2.11 bits per heavy atom. The second kappa shape index (κ2) is 8.20. The predicted octanol–water partition coefficient (Wildman–Crippen LogP) is 0.371. The summed E-state index contributed by atoms with van der Waals surface area (Å²) in [6.07, 6.45) is -0.803. The largest absolute Gasteiger partial charge is 0.469 e. The zero-order chi connectivity index (χ0) is 14.2. The Kier molecular flexibility index (Phi) is 7.77. The molecule has 1 unspecified atom stereocenters. The molecule has 0 aromatic rings. The number of ether oxygens (including phenoxy) is 2. The Labute approximate surface area is 104 Å². The number of phosphoric acid groups is 1. The number of rotatable bonds is 8. The van der Waals surface area contributed by atoms with E-state index in [1.165, 1.54) is 0 Å². The van der Waals surface area contributed by atoms with Crippen molar-refractivity contribution >= 4 is 19.8 Å². The number of carbonyl (C=O) groups is 2. The molecule has 9 heteroatoms. The van der Waals surface area contributed by atoms with E-state index in [9.17, 15) is 14.2 Å². The van der Waals surface area contributed by atoms with Crippen molar-refractivity contribution in [3.8, 4) is 0 Å². The quantitative estimate of drug-likeness (QED) is 0.484. The van der Waals surface area contributed by atoms with E-state index in [0.29, 0.717) is 0 Å². The molecule has 0 bridgehead atoms. The lowest BCUT2D eigenvalue weighted by Gasteiger charge is -2.17. The Morgan fingerprint density at radius 1 is 1.11 bits per heavy atom. The van der Waals surface area contributed by atoms with Gasteiger partial charge in [-0.25, -0.2) is 4.57 Å². The summed E-state index contributed by atoms with van der Waals surface area (Å²) in [6, 6.07) is 0. The molecule has 0 spiro atoms. The van der Waals surface area contributed by atoms with Crippen LogP contribution in [0.4, 0.5) is 0 Å². The zero-order valence-corrected chi connectivity index (χ0v) is 11.1. The summed E-state index contributed by atoms with van der Waals surface area (Å²) in [7, 11) is -4.66. The third kappa shape index (κ3) is 9.12. The lowest BCUT2D eigenvalue weighted by molar-refractivity contribution is -0.160. The maximum Gasteiger partial charge on any atom is 0.469 e. The van der Waals surface area contributed by atoms with Gasteiger partial charge in [0.25, 0.3) is 0 Å². The van der Waals surface area contributed by atoms with Gasteiger partial charge in [-0.1, -0.05) is 13.8 Å². The molecule has 1 atom stereocenters. The molecule has 106 valence electrons. The van der Waals surface area contributed by atoms with Crippen molar-refractivity contribution in [1.82, 2.24) is 0 Å². The fourth-order valence-corrected chi connectivity index (χ4v) is 1.21. The van der Waals surface area contributed by atoms with E-state index in [4.69, 9.17) is 19.3 Å². The van der Waals surface area contributed by atoms with Crippen LogP contribution in [-0.2, 0) is 28.2 Å². The Hall–Kier alpha value is -0.950. The first-order valence-corrected chi connectivity index (χ1v) is 6.86. The number of hydrogen-bond donors (Lipinski definition) is 2. The van der Waals surface area contributed by atoms with Crippen molar-refractivity contribution in [2.45, 2.75) is 32.8 Å². The van der Waals surface area contributed by atoms with Gasteiger partial charge in [-0.3, -0.25) is 14.1 Å². The van der Waals surface area contributed by atoms with E-state index in [2.05, 4.69) is 4.52 Å². The van der Waals surface area contributed by atoms with Crippen LogP contribution < -0.4 is 0 Å². The molecule has 0 aliphatic carbocycles. The van der Waals surface area contributed by atoms with Gasteiger partial charge in [0.05, 0.1) is 6.61 Å². The van der Waals surface area contributed by atoms with Crippen molar-refractivity contribution in [3.63, 3.8) is 0 Å². The van der Waals surface area contributed by atoms with Crippen LogP contribution in [0.2, 0.25) is 0 Å². The average Bonchev–Trinajstić information content (AvgIpc) is 2.30. The van der Waals surface area contributed by atoms with Crippen molar-refractivity contribution in [3.05, 3.63) is 0 Å². The normalized spacial score (nSPS) is 12.9. The molecule has 18 heavy (non-hydrogen) atoms. The van der Waals surface area contributed by atoms with E-state index in [0.717, 1.165) is 0 Å². The van der Waals surface area contributed by atoms with Crippen LogP contribution in [0.25, 0.3) is 0 Å². The Morgan fingerprint density at radius 2 is 1.67 bits per heavy atom. The van der Waals surface area contributed by atoms with Crippen LogP contribution >= 0.6 is 7.82 Å². The van der Waals surface area contributed by atoms with Gasteiger partial charge >= 0.3 is 19.8 Å². The molecule has 8 nitrogen and oxygen atoms in total. The molecule has 0 aliphatic rings. The topological polar surface area (TPSA) is 119 Å². The maximum atomic E-state index is 11.0. The summed E-state index contributed by atoms with van der Waals surface area (Å²) in [5, 5.41) is 0. The van der Waals surface area contributed by atoms with Crippen LogP contribution in [0.1, 0.15) is 26.7 Å². The molecule has 0 rings (SSSR count). The highest BCUT2D eigenvalue weighted by Crippen LogP contribution is 2.35. The summed E-state index contributed by atoms with van der Waals surface area (Å²) in [4.78, 5) is 39.0. The SMILES string of the molecule is CCC(=O)OCC(COP(=O)(O)O)OC(=O)CC. The first kappa shape index (κ1) is 17.1. The van der Waals surface area contributed by atoms with E-state index >= 15 is 0 Å². The first-order valence-electron chi connectivity index (χ1n) is 5.33.